The molecule has 0 aliphatic rings. The quantitative estimate of drug-likeness (QED) is 0.400. The molecule has 0 unspecified atom stereocenters. The summed E-state index contributed by atoms with van der Waals surface area (Å²) in [6.07, 6.45) is -3.57. The van der Waals surface area contributed by atoms with E-state index in [4.69, 9.17) is 16.9 Å². The molecule has 2 aromatic heterocycles. The molecule has 0 saturated heterocycles. The number of benzene rings is 2. The van der Waals surface area contributed by atoms with Gasteiger partial charge < -0.3 is 4.98 Å². The predicted octanol–water partition coefficient (Wildman–Crippen LogP) is 5.47. The third kappa shape index (κ3) is 3.67. The van der Waals surface area contributed by atoms with Crippen LogP contribution in [0.2, 0.25) is 5.02 Å². The van der Waals surface area contributed by atoms with Gasteiger partial charge in [0.25, 0.3) is 0 Å². The van der Waals surface area contributed by atoms with Gasteiger partial charge in [-0.1, -0.05) is 11.6 Å². The monoisotopic (exact) mass is 462 g/mol. The second kappa shape index (κ2) is 7.69. The summed E-state index contributed by atoms with van der Waals surface area (Å²) in [5.41, 5.74) is -1.52. The maximum Gasteiger partial charge on any atom is 0.451 e. The molecule has 0 bridgehead atoms. The molecule has 2 heterocycles. The summed E-state index contributed by atoms with van der Waals surface area (Å²) in [4.78, 5) is 21.6. The fraction of sp³-hybridized carbons (Fsp3) is 0.0476. The van der Waals surface area contributed by atoms with Crippen molar-refractivity contribution in [1.29, 1.82) is 5.26 Å². The van der Waals surface area contributed by atoms with Crippen LogP contribution < -0.4 is 5.43 Å². The van der Waals surface area contributed by atoms with Crippen LogP contribution in [0.1, 0.15) is 11.4 Å². The highest BCUT2D eigenvalue weighted by Crippen LogP contribution is 2.33. The number of nitriles is 1. The average molecular weight is 463 g/mol. The van der Waals surface area contributed by atoms with Gasteiger partial charge in [0.2, 0.25) is 5.82 Å². The predicted molar refractivity (Wildman–Crippen MR) is 106 cm³/mol. The normalized spacial score (nSPS) is 11.5. The lowest BCUT2D eigenvalue weighted by atomic mass is 10.0. The zero-order chi connectivity index (χ0) is 23.2. The van der Waals surface area contributed by atoms with Crippen LogP contribution in [0.15, 0.2) is 47.5 Å². The fourth-order valence-electron chi connectivity index (χ4n) is 3.16. The highest BCUT2D eigenvalue weighted by molar-refractivity contribution is 6.33. The van der Waals surface area contributed by atoms with E-state index in [0.717, 1.165) is 12.1 Å². The number of rotatable bonds is 2. The number of nitrogens with one attached hydrogen (secondary N) is 1. The number of hydrogen-bond acceptors (Lipinski definition) is 4. The minimum atomic E-state index is -4.82. The van der Waals surface area contributed by atoms with E-state index in [1.54, 1.807) is 0 Å². The Morgan fingerprint density at radius 3 is 2.38 bits per heavy atom. The molecule has 5 nitrogen and oxygen atoms in total. The van der Waals surface area contributed by atoms with Gasteiger partial charge in [0.15, 0.2) is 5.43 Å². The summed E-state index contributed by atoms with van der Waals surface area (Å²) in [7, 11) is 0. The Kier molecular flexibility index (Phi) is 5.14. The Morgan fingerprint density at radius 2 is 1.75 bits per heavy atom. The van der Waals surface area contributed by atoms with Crippen molar-refractivity contribution in [3.8, 4) is 28.5 Å². The van der Waals surface area contributed by atoms with Gasteiger partial charge in [-0.25, -0.2) is 18.7 Å². The van der Waals surface area contributed by atoms with E-state index < -0.39 is 40.0 Å². The maximum atomic E-state index is 15.1. The van der Waals surface area contributed by atoms with Crippen LogP contribution in [-0.4, -0.2) is 15.0 Å². The molecule has 0 radical (unpaired) electrons. The Labute approximate surface area is 180 Å². The van der Waals surface area contributed by atoms with E-state index >= 15 is 4.39 Å². The number of alkyl halides is 3. The summed E-state index contributed by atoms with van der Waals surface area (Å²) in [6, 6.07) is 8.08. The molecule has 0 fully saturated rings. The molecule has 0 amide bonds. The number of halogens is 6. The van der Waals surface area contributed by atoms with E-state index in [9.17, 15) is 22.4 Å². The van der Waals surface area contributed by atoms with Crippen molar-refractivity contribution in [3.05, 3.63) is 81.0 Å². The van der Waals surface area contributed by atoms with Crippen LogP contribution >= 0.6 is 11.6 Å². The lowest BCUT2D eigenvalue weighted by Crippen LogP contribution is -2.11. The largest absolute Gasteiger partial charge is 0.451 e. The van der Waals surface area contributed by atoms with Crippen LogP contribution in [0, 0.1) is 23.0 Å². The third-order valence-corrected chi connectivity index (χ3v) is 4.92. The smallest absolute Gasteiger partial charge is 0.354 e. The number of aromatic nitrogens is 3. The number of nitrogens with zero attached hydrogens (tertiary/aromatic N) is 3. The molecular weight excluding hydrogens is 455 g/mol. The summed E-state index contributed by atoms with van der Waals surface area (Å²) in [6.45, 7) is 0. The SMILES string of the molecule is N#Cc1ccc(Cl)c(-c2cc(=O)c3c(F)c(-c4cnc(C(F)(F)F)nc4)c(F)cc3[nH]2)c1. The lowest BCUT2D eigenvalue weighted by molar-refractivity contribution is -0.144. The molecule has 0 aliphatic carbocycles. The molecule has 4 rings (SSSR count). The first kappa shape index (κ1) is 21.4. The molecule has 0 atom stereocenters. The van der Waals surface area contributed by atoms with Crippen molar-refractivity contribution in [3.63, 3.8) is 0 Å². The topological polar surface area (TPSA) is 82.4 Å². The van der Waals surface area contributed by atoms with E-state index in [-0.39, 0.29) is 32.9 Å². The minimum absolute atomic E-state index is 0.119. The van der Waals surface area contributed by atoms with Crippen molar-refractivity contribution in [2.75, 3.05) is 0 Å². The standard InChI is InChI=1S/C21H8ClF5N4O/c22-12-2-1-9(6-28)3-11(12)14-5-16(32)18-15(31-14)4-13(23)17(19(18)24)10-7-29-20(30-8-10)21(25,26)27/h1-5,7-8H,(H,31,32). The summed E-state index contributed by atoms with van der Waals surface area (Å²) < 4.78 is 67.8. The number of pyridine rings is 1. The first-order chi connectivity index (χ1) is 15.1. The number of H-pyrrole nitrogens is 1. The molecule has 0 spiro atoms. The summed E-state index contributed by atoms with van der Waals surface area (Å²) >= 11 is 6.13. The first-order valence-corrected chi connectivity index (χ1v) is 9.12. The molecular formula is C21H8ClF5N4O. The van der Waals surface area contributed by atoms with Crippen molar-refractivity contribution in [2.45, 2.75) is 6.18 Å². The van der Waals surface area contributed by atoms with E-state index in [1.165, 1.54) is 18.2 Å². The van der Waals surface area contributed by atoms with Crippen LogP contribution in [-0.2, 0) is 6.18 Å². The van der Waals surface area contributed by atoms with Crippen LogP contribution in [0.5, 0.6) is 0 Å². The van der Waals surface area contributed by atoms with Gasteiger partial charge >= 0.3 is 6.18 Å². The van der Waals surface area contributed by atoms with Crippen molar-refractivity contribution >= 4 is 22.5 Å². The Hall–Kier alpha value is -3.84. The Balaban J connectivity index is 1.91. The second-order valence-corrected chi connectivity index (χ2v) is 7.02. The fourth-order valence-corrected chi connectivity index (χ4v) is 3.38. The zero-order valence-electron chi connectivity index (χ0n) is 15.6. The molecule has 1 N–H and O–H groups in total. The molecule has 4 aromatic rings. The van der Waals surface area contributed by atoms with E-state index in [2.05, 4.69) is 15.0 Å². The van der Waals surface area contributed by atoms with Crippen molar-refractivity contribution in [2.24, 2.45) is 0 Å². The van der Waals surface area contributed by atoms with Crippen molar-refractivity contribution < 1.29 is 22.0 Å². The van der Waals surface area contributed by atoms with Gasteiger partial charge in [-0.3, -0.25) is 4.79 Å². The summed E-state index contributed by atoms with van der Waals surface area (Å²) in [5.74, 6) is -3.90. The van der Waals surface area contributed by atoms with E-state index in [1.807, 2.05) is 6.07 Å². The lowest BCUT2D eigenvalue weighted by Gasteiger charge is -2.11. The highest BCUT2D eigenvalue weighted by Gasteiger charge is 2.34. The number of aromatic amines is 1. The molecule has 0 saturated carbocycles. The van der Waals surface area contributed by atoms with Crippen LogP contribution in [0.3, 0.4) is 0 Å². The summed E-state index contributed by atoms with van der Waals surface area (Å²) in [5, 5.41) is 8.74. The minimum Gasteiger partial charge on any atom is -0.354 e. The molecule has 160 valence electrons. The molecule has 0 aliphatic heterocycles. The number of hydrogen-bond donors (Lipinski definition) is 1. The molecule has 11 heteroatoms. The van der Waals surface area contributed by atoms with Gasteiger partial charge in [0.1, 0.15) is 11.6 Å². The van der Waals surface area contributed by atoms with Gasteiger partial charge in [0.05, 0.1) is 33.8 Å². The van der Waals surface area contributed by atoms with Gasteiger partial charge in [-0.15, -0.1) is 0 Å². The molecule has 2 aromatic carbocycles. The van der Waals surface area contributed by atoms with Gasteiger partial charge in [-0.2, -0.15) is 18.4 Å². The second-order valence-electron chi connectivity index (χ2n) is 6.62. The van der Waals surface area contributed by atoms with Gasteiger partial charge in [-0.05, 0) is 24.3 Å². The van der Waals surface area contributed by atoms with Crippen molar-refractivity contribution in [1.82, 2.24) is 15.0 Å². The molecule has 32 heavy (non-hydrogen) atoms. The first-order valence-electron chi connectivity index (χ1n) is 8.75. The van der Waals surface area contributed by atoms with E-state index in [0.29, 0.717) is 12.4 Å². The Bertz CT molecular complexity index is 1470. The third-order valence-electron chi connectivity index (χ3n) is 4.59. The number of fused-ring (bicyclic) bond motifs is 1. The van der Waals surface area contributed by atoms with Crippen LogP contribution in [0.25, 0.3) is 33.3 Å². The van der Waals surface area contributed by atoms with Crippen LogP contribution in [0.4, 0.5) is 22.0 Å². The highest BCUT2D eigenvalue weighted by atomic mass is 35.5. The average Bonchev–Trinajstić information content (AvgIpc) is 2.73. The Morgan fingerprint density at radius 1 is 1.06 bits per heavy atom. The zero-order valence-corrected chi connectivity index (χ0v) is 16.3. The van der Waals surface area contributed by atoms with Gasteiger partial charge in [0, 0.05) is 34.6 Å². The maximum absolute atomic E-state index is 15.1.